The van der Waals surface area contributed by atoms with Gasteiger partial charge in [0.2, 0.25) is 0 Å². The molecule has 1 aliphatic rings. The number of hydrogen-bond donors (Lipinski definition) is 1. The van der Waals surface area contributed by atoms with Crippen LogP contribution in [0.3, 0.4) is 0 Å². The third-order valence-electron chi connectivity index (χ3n) is 4.24. The summed E-state index contributed by atoms with van der Waals surface area (Å²) in [7, 11) is 1.70. The summed E-state index contributed by atoms with van der Waals surface area (Å²) in [4.78, 5) is 0. The van der Waals surface area contributed by atoms with E-state index in [2.05, 4.69) is 18.2 Å². The summed E-state index contributed by atoms with van der Waals surface area (Å²) < 4.78 is 11.6. The van der Waals surface area contributed by atoms with E-state index >= 15 is 0 Å². The van der Waals surface area contributed by atoms with Crippen molar-refractivity contribution in [1.82, 2.24) is 0 Å². The lowest BCUT2D eigenvalue weighted by Crippen LogP contribution is -2.20. The van der Waals surface area contributed by atoms with E-state index in [0.717, 1.165) is 29.9 Å². The van der Waals surface area contributed by atoms with Crippen LogP contribution >= 0.6 is 0 Å². The van der Waals surface area contributed by atoms with Gasteiger partial charge >= 0.3 is 0 Å². The molecule has 1 aliphatic carbocycles. The van der Waals surface area contributed by atoms with Crippen molar-refractivity contribution in [2.45, 2.75) is 24.9 Å². The molecule has 0 atom stereocenters. The second-order valence-corrected chi connectivity index (χ2v) is 5.60. The van der Waals surface area contributed by atoms with Crippen molar-refractivity contribution < 1.29 is 9.47 Å². The molecule has 110 valence electrons. The zero-order valence-corrected chi connectivity index (χ0v) is 12.3. The zero-order valence-electron chi connectivity index (χ0n) is 12.3. The molecule has 1 fully saturated rings. The van der Waals surface area contributed by atoms with Crippen molar-refractivity contribution in [3.8, 4) is 11.5 Å². The van der Waals surface area contributed by atoms with Gasteiger partial charge in [-0.25, -0.2) is 0 Å². The van der Waals surface area contributed by atoms with E-state index in [1.54, 1.807) is 7.11 Å². The highest BCUT2D eigenvalue weighted by Crippen LogP contribution is 2.52. The first kappa shape index (κ1) is 14.0. The van der Waals surface area contributed by atoms with Crippen LogP contribution in [-0.2, 0) is 12.0 Å². The number of rotatable bonds is 6. The normalized spacial score (nSPS) is 15.5. The van der Waals surface area contributed by atoms with Gasteiger partial charge in [-0.3, -0.25) is 0 Å². The molecule has 2 aromatic rings. The lowest BCUT2D eigenvalue weighted by Gasteiger charge is -2.19. The summed E-state index contributed by atoms with van der Waals surface area (Å²) in [6.45, 7) is 1.20. The second-order valence-electron chi connectivity index (χ2n) is 5.60. The topological polar surface area (TPSA) is 44.5 Å². The van der Waals surface area contributed by atoms with Crippen LogP contribution in [0, 0.1) is 0 Å². The van der Waals surface area contributed by atoms with E-state index in [0.29, 0.717) is 13.2 Å². The molecule has 3 rings (SSSR count). The first-order valence-corrected chi connectivity index (χ1v) is 7.33. The van der Waals surface area contributed by atoms with E-state index < -0.39 is 0 Å². The fourth-order valence-electron chi connectivity index (χ4n) is 2.73. The van der Waals surface area contributed by atoms with Crippen molar-refractivity contribution in [3.05, 3.63) is 59.7 Å². The third-order valence-corrected chi connectivity index (χ3v) is 4.24. The molecule has 0 saturated heterocycles. The molecule has 1 saturated carbocycles. The molecule has 0 aliphatic heterocycles. The Kier molecular flexibility index (Phi) is 3.84. The van der Waals surface area contributed by atoms with Gasteiger partial charge in [-0.1, -0.05) is 42.5 Å². The number of nitrogens with two attached hydrogens (primary N) is 1. The minimum Gasteiger partial charge on any atom is -0.493 e. The lowest BCUT2D eigenvalue weighted by molar-refractivity contribution is 0.282. The Bertz CT molecular complexity index is 606. The first-order chi connectivity index (χ1) is 10.3. The Labute approximate surface area is 125 Å². The Morgan fingerprint density at radius 1 is 1.05 bits per heavy atom. The summed E-state index contributed by atoms with van der Waals surface area (Å²) >= 11 is 0. The van der Waals surface area contributed by atoms with Gasteiger partial charge in [0.15, 0.2) is 11.5 Å². The SMILES string of the molecule is COc1c(OCc2ccccc2)cccc1C1(CN)CC1. The Morgan fingerprint density at radius 3 is 2.43 bits per heavy atom. The van der Waals surface area contributed by atoms with Gasteiger partial charge in [0, 0.05) is 17.5 Å². The predicted octanol–water partition coefficient (Wildman–Crippen LogP) is 3.26. The molecule has 3 nitrogen and oxygen atoms in total. The number of ether oxygens (including phenoxy) is 2. The molecule has 0 amide bonds. The maximum absolute atomic E-state index is 5.96. The van der Waals surface area contributed by atoms with Crippen LogP contribution < -0.4 is 15.2 Å². The van der Waals surface area contributed by atoms with Gasteiger partial charge < -0.3 is 15.2 Å². The van der Waals surface area contributed by atoms with Gasteiger partial charge in [0.05, 0.1) is 7.11 Å². The molecule has 0 bridgehead atoms. The van der Waals surface area contributed by atoms with Crippen molar-refractivity contribution in [2.24, 2.45) is 5.73 Å². The number of benzene rings is 2. The molecule has 0 aromatic heterocycles. The van der Waals surface area contributed by atoms with Crippen molar-refractivity contribution in [1.29, 1.82) is 0 Å². The first-order valence-electron chi connectivity index (χ1n) is 7.33. The molecule has 2 aromatic carbocycles. The van der Waals surface area contributed by atoms with E-state index in [9.17, 15) is 0 Å². The fraction of sp³-hybridized carbons (Fsp3) is 0.333. The molecule has 0 spiro atoms. The maximum Gasteiger partial charge on any atom is 0.164 e. The molecule has 0 heterocycles. The Balaban J connectivity index is 1.84. The average Bonchev–Trinajstić information content (AvgIpc) is 3.34. The van der Waals surface area contributed by atoms with Crippen molar-refractivity contribution in [2.75, 3.05) is 13.7 Å². The van der Waals surface area contributed by atoms with Gasteiger partial charge in [-0.2, -0.15) is 0 Å². The van der Waals surface area contributed by atoms with Crippen LogP contribution in [-0.4, -0.2) is 13.7 Å². The van der Waals surface area contributed by atoms with E-state index in [4.69, 9.17) is 15.2 Å². The Morgan fingerprint density at radius 2 is 1.81 bits per heavy atom. The highest BCUT2D eigenvalue weighted by molar-refractivity contribution is 5.52. The number of methoxy groups -OCH3 is 1. The number of hydrogen-bond acceptors (Lipinski definition) is 3. The predicted molar refractivity (Wildman–Crippen MR) is 83.7 cm³/mol. The second kappa shape index (κ2) is 5.78. The largest absolute Gasteiger partial charge is 0.493 e. The van der Waals surface area contributed by atoms with Crippen LogP contribution in [0.5, 0.6) is 11.5 Å². The molecular weight excluding hydrogens is 262 g/mol. The molecule has 21 heavy (non-hydrogen) atoms. The van der Waals surface area contributed by atoms with Crippen LogP contribution in [0.2, 0.25) is 0 Å². The summed E-state index contributed by atoms with van der Waals surface area (Å²) in [6, 6.07) is 16.2. The third kappa shape index (κ3) is 2.74. The highest BCUT2D eigenvalue weighted by Gasteiger charge is 2.45. The van der Waals surface area contributed by atoms with E-state index in [1.807, 2.05) is 30.3 Å². The summed E-state index contributed by atoms with van der Waals surface area (Å²) in [6.07, 6.45) is 2.25. The molecule has 3 heteroatoms. The summed E-state index contributed by atoms with van der Waals surface area (Å²) in [5.74, 6) is 1.62. The van der Waals surface area contributed by atoms with E-state index in [1.165, 1.54) is 5.56 Å². The van der Waals surface area contributed by atoms with Gasteiger partial charge in [-0.05, 0) is 24.5 Å². The highest BCUT2D eigenvalue weighted by atomic mass is 16.5. The minimum atomic E-state index is 0.0947. The molecular formula is C18H21NO2. The molecule has 0 unspecified atom stereocenters. The monoisotopic (exact) mass is 283 g/mol. The van der Waals surface area contributed by atoms with Crippen molar-refractivity contribution >= 4 is 0 Å². The van der Waals surface area contributed by atoms with Crippen LogP contribution in [0.15, 0.2) is 48.5 Å². The maximum atomic E-state index is 5.96. The zero-order chi connectivity index (χ0) is 14.7. The molecule has 0 radical (unpaired) electrons. The standard InChI is InChI=1S/C18H21NO2/c1-20-17-15(18(13-19)10-11-18)8-5-9-16(17)21-12-14-6-3-2-4-7-14/h2-9H,10-13,19H2,1H3. The van der Waals surface area contributed by atoms with E-state index in [-0.39, 0.29) is 5.41 Å². The summed E-state index contributed by atoms with van der Waals surface area (Å²) in [5, 5.41) is 0. The summed E-state index contributed by atoms with van der Waals surface area (Å²) in [5.41, 5.74) is 8.36. The smallest absolute Gasteiger partial charge is 0.164 e. The quantitative estimate of drug-likeness (QED) is 0.885. The molecule has 2 N–H and O–H groups in total. The Hall–Kier alpha value is -2.00. The van der Waals surface area contributed by atoms with Crippen LogP contribution in [0.4, 0.5) is 0 Å². The average molecular weight is 283 g/mol. The lowest BCUT2D eigenvalue weighted by atomic mass is 9.95. The van der Waals surface area contributed by atoms with Gasteiger partial charge in [0.25, 0.3) is 0 Å². The van der Waals surface area contributed by atoms with Crippen molar-refractivity contribution in [3.63, 3.8) is 0 Å². The fourth-order valence-corrected chi connectivity index (χ4v) is 2.73. The van der Waals surface area contributed by atoms with Crippen LogP contribution in [0.25, 0.3) is 0 Å². The number of para-hydroxylation sites is 1. The van der Waals surface area contributed by atoms with Gasteiger partial charge in [-0.15, -0.1) is 0 Å². The minimum absolute atomic E-state index is 0.0947. The van der Waals surface area contributed by atoms with Gasteiger partial charge in [0.1, 0.15) is 6.61 Å². The van der Waals surface area contributed by atoms with Crippen LogP contribution in [0.1, 0.15) is 24.0 Å².